The molecule has 3 aromatic rings. The normalized spacial score (nSPS) is 18.9. The van der Waals surface area contributed by atoms with E-state index in [0.717, 1.165) is 30.6 Å². The Labute approximate surface area is 209 Å². The minimum atomic E-state index is -4.02. The van der Waals surface area contributed by atoms with Gasteiger partial charge in [-0.05, 0) is 61.9 Å². The highest BCUT2D eigenvalue weighted by Gasteiger charge is 2.42. The third-order valence-electron chi connectivity index (χ3n) is 5.73. The number of ether oxygens (including phenoxy) is 2. The minimum Gasteiger partial charge on any atom is -0.444 e. The van der Waals surface area contributed by atoms with E-state index in [9.17, 15) is 12.8 Å². The summed E-state index contributed by atoms with van der Waals surface area (Å²) in [7, 11) is -4.02. The summed E-state index contributed by atoms with van der Waals surface area (Å²) in [6.07, 6.45) is 3.08. The maximum absolute atomic E-state index is 14.4. The summed E-state index contributed by atoms with van der Waals surface area (Å²) in [6, 6.07) is 16.3. The van der Waals surface area contributed by atoms with E-state index in [4.69, 9.17) is 25.6 Å². The van der Waals surface area contributed by atoms with Crippen molar-refractivity contribution in [1.82, 2.24) is 5.32 Å². The first-order chi connectivity index (χ1) is 16.6. The summed E-state index contributed by atoms with van der Waals surface area (Å²) < 4.78 is 56.0. The zero-order valence-corrected chi connectivity index (χ0v) is 20.8. The van der Waals surface area contributed by atoms with Gasteiger partial charge in [-0.25, -0.2) is 4.39 Å². The van der Waals surface area contributed by atoms with Crippen LogP contribution in [-0.2, 0) is 15.9 Å². The summed E-state index contributed by atoms with van der Waals surface area (Å²) in [5.41, 5.74) is 3.51. The zero-order chi connectivity index (χ0) is 25.2. The molecule has 2 N–H and O–H groups in total. The van der Waals surface area contributed by atoms with Crippen molar-refractivity contribution < 1.29 is 26.8 Å². The number of hydrogen-bond donors (Lipinski definition) is 2. The van der Waals surface area contributed by atoms with Gasteiger partial charge >= 0.3 is 0 Å². The van der Waals surface area contributed by atoms with Crippen molar-refractivity contribution in [3.8, 4) is 11.5 Å². The largest absolute Gasteiger partial charge is 0.444 e. The smallest absolute Gasteiger partial charge is 0.294 e. The van der Waals surface area contributed by atoms with Crippen LogP contribution in [0.3, 0.4) is 0 Å². The number of halogens is 2. The molecule has 5 rings (SSSR count). The van der Waals surface area contributed by atoms with Gasteiger partial charge in [0.05, 0.1) is 10.5 Å². The molecule has 2 aliphatic rings. The first kappa shape index (κ1) is 25.2. The summed E-state index contributed by atoms with van der Waals surface area (Å²) >= 11 is 5.85. The monoisotopic (exact) mass is 517 g/mol. The molecule has 2 heterocycles. The highest BCUT2D eigenvalue weighted by molar-refractivity contribution is 7.85. The molecule has 0 saturated heterocycles. The highest BCUT2D eigenvalue weighted by atomic mass is 35.5. The Hall–Kier alpha value is -2.91. The van der Waals surface area contributed by atoms with Gasteiger partial charge in [0.25, 0.3) is 15.9 Å². The van der Waals surface area contributed by atoms with Gasteiger partial charge < -0.3 is 14.8 Å². The minimum absolute atomic E-state index is 0.0666. The van der Waals surface area contributed by atoms with Crippen molar-refractivity contribution in [3.63, 3.8) is 0 Å². The van der Waals surface area contributed by atoms with E-state index in [1.165, 1.54) is 23.8 Å². The average molecular weight is 518 g/mol. The van der Waals surface area contributed by atoms with Crippen molar-refractivity contribution in [2.75, 3.05) is 13.1 Å². The van der Waals surface area contributed by atoms with Crippen LogP contribution in [0.2, 0.25) is 5.02 Å². The molecule has 6 nitrogen and oxygen atoms in total. The Balaban J connectivity index is 0.000000221. The van der Waals surface area contributed by atoms with Crippen LogP contribution in [0.4, 0.5) is 4.39 Å². The number of fused-ring (bicyclic) bond motifs is 1. The Kier molecular flexibility index (Phi) is 7.19. The van der Waals surface area contributed by atoms with Gasteiger partial charge in [-0.1, -0.05) is 47.5 Å². The van der Waals surface area contributed by atoms with Gasteiger partial charge in [0.2, 0.25) is 0 Å². The van der Waals surface area contributed by atoms with Gasteiger partial charge in [-0.3, -0.25) is 4.55 Å². The molecule has 35 heavy (non-hydrogen) atoms. The predicted octanol–water partition coefficient (Wildman–Crippen LogP) is 5.74. The molecule has 184 valence electrons. The molecule has 0 aliphatic carbocycles. The van der Waals surface area contributed by atoms with E-state index in [1.807, 2.05) is 25.1 Å². The second-order valence-corrected chi connectivity index (χ2v) is 10.2. The summed E-state index contributed by atoms with van der Waals surface area (Å²) in [5, 5.41) is 3.64. The van der Waals surface area contributed by atoms with Gasteiger partial charge in [-0.2, -0.15) is 8.42 Å². The Bertz CT molecular complexity index is 1370. The standard InChI is InChI=1S/C19H17ClFNO2.C7H8O3S/c1-19(15-6-5-13(20)11-16(15)21)23-17-4-2-3-14(18(17)24-19)12-7-9-22-10-8-12;1-6-2-4-7(5-3-6)11(8,9)10/h2-7,11,22H,8-10H2,1H3;2-5H,1H3,(H,8,9,10)/t19-;/m0./s1. The highest BCUT2D eigenvalue weighted by Crippen LogP contribution is 2.48. The fraction of sp³-hybridized carbons (Fsp3) is 0.231. The fourth-order valence-electron chi connectivity index (χ4n) is 3.92. The second kappa shape index (κ2) is 9.99. The van der Waals surface area contributed by atoms with Gasteiger partial charge in [-0.15, -0.1) is 0 Å². The Morgan fingerprint density at radius 3 is 2.46 bits per heavy atom. The van der Waals surface area contributed by atoms with E-state index < -0.39 is 21.7 Å². The summed E-state index contributed by atoms with van der Waals surface area (Å²) in [5.74, 6) is -0.354. The topological polar surface area (TPSA) is 84.9 Å². The van der Waals surface area contributed by atoms with Crippen LogP contribution in [0.5, 0.6) is 11.5 Å². The first-order valence-electron chi connectivity index (χ1n) is 11.0. The van der Waals surface area contributed by atoms with Crippen LogP contribution < -0.4 is 14.8 Å². The van der Waals surface area contributed by atoms with Crippen LogP contribution in [-0.4, -0.2) is 26.1 Å². The number of para-hydroxylation sites is 1. The molecule has 0 unspecified atom stereocenters. The van der Waals surface area contributed by atoms with Crippen LogP contribution in [0, 0.1) is 12.7 Å². The predicted molar refractivity (Wildman–Crippen MR) is 133 cm³/mol. The maximum Gasteiger partial charge on any atom is 0.294 e. The molecule has 0 spiro atoms. The molecule has 3 aromatic carbocycles. The van der Waals surface area contributed by atoms with Crippen molar-refractivity contribution in [2.24, 2.45) is 0 Å². The lowest BCUT2D eigenvalue weighted by molar-refractivity contribution is -0.0708. The van der Waals surface area contributed by atoms with E-state index in [-0.39, 0.29) is 4.90 Å². The molecule has 0 radical (unpaired) electrons. The van der Waals surface area contributed by atoms with Crippen LogP contribution in [0.15, 0.2) is 71.6 Å². The number of nitrogens with one attached hydrogen (secondary N) is 1. The van der Waals surface area contributed by atoms with Crippen molar-refractivity contribution in [3.05, 3.63) is 94.3 Å². The molecular formula is C26H25ClFNO5S. The zero-order valence-electron chi connectivity index (χ0n) is 19.2. The molecule has 0 saturated carbocycles. The Morgan fingerprint density at radius 1 is 1.09 bits per heavy atom. The molecular weight excluding hydrogens is 493 g/mol. The molecule has 9 heteroatoms. The number of rotatable bonds is 3. The van der Waals surface area contributed by atoms with Crippen LogP contribution in [0.25, 0.3) is 5.57 Å². The van der Waals surface area contributed by atoms with E-state index >= 15 is 0 Å². The van der Waals surface area contributed by atoms with E-state index in [2.05, 4.69) is 11.4 Å². The van der Waals surface area contributed by atoms with E-state index in [0.29, 0.717) is 22.1 Å². The lowest BCUT2D eigenvalue weighted by Gasteiger charge is -2.24. The lowest BCUT2D eigenvalue weighted by Crippen LogP contribution is -2.32. The third-order valence-corrected chi connectivity index (χ3v) is 6.83. The number of aryl methyl sites for hydroxylation is 1. The first-order valence-corrected chi connectivity index (χ1v) is 12.8. The Morgan fingerprint density at radius 2 is 1.83 bits per heavy atom. The molecule has 2 aliphatic heterocycles. The molecule has 0 amide bonds. The van der Waals surface area contributed by atoms with Crippen LogP contribution in [0.1, 0.15) is 30.0 Å². The number of hydrogen-bond acceptors (Lipinski definition) is 5. The molecule has 0 bridgehead atoms. The average Bonchev–Trinajstić information content (AvgIpc) is 3.16. The van der Waals surface area contributed by atoms with Crippen molar-refractivity contribution >= 4 is 27.3 Å². The third kappa shape index (κ3) is 5.67. The van der Waals surface area contributed by atoms with Crippen molar-refractivity contribution in [2.45, 2.75) is 31.0 Å². The van der Waals surface area contributed by atoms with Crippen molar-refractivity contribution in [1.29, 1.82) is 0 Å². The van der Waals surface area contributed by atoms with Crippen LogP contribution >= 0.6 is 11.6 Å². The maximum atomic E-state index is 14.4. The molecule has 0 fully saturated rings. The fourth-order valence-corrected chi connectivity index (χ4v) is 4.56. The second-order valence-electron chi connectivity index (χ2n) is 8.38. The number of benzene rings is 3. The van der Waals surface area contributed by atoms with Gasteiger partial charge in [0, 0.05) is 24.1 Å². The SMILES string of the molecule is C[C@]1(c2ccc(Cl)cc2F)Oc2cccc(C3=CCNCC3)c2O1.Cc1ccc(S(=O)(=O)O)cc1. The molecule has 1 atom stereocenters. The van der Waals surface area contributed by atoms with Gasteiger partial charge in [0.1, 0.15) is 5.82 Å². The van der Waals surface area contributed by atoms with Gasteiger partial charge in [0.15, 0.2) is 11.5 Å². The molecule has 0 aromatic heterocycles. The quantitative estimate of drug-likeness (QED) is 0.431. The summed E-state index contributed by atoms with van der Waals surface area (Å²) in [6.45, 7) is 5.33. The van der Waals surface area contributed by atoms with E-state index in [1.54, 1.807) is 31.2 Å². The lowest BCUT2D eigenvalue weighted by atomic mass is 9.99. The summed E-state index contributed by atoms with van der Waals surface area (Å²) in [4.78, 5) is -0.0666.